The molecule has 1 fully saturated rings. The van der Waals surface area contributed by atoms with Crippen LogP contribution in [0.15, 0.2) is 18.2 Å². The Hall–Kier alpha value is -1.76. The van der Waals surface area contributed by atoms with Crippen molar-refractivity contribution in [3.8, 4) is 11.5 Å². The highest BCUT2D eigenvalue weighted by Crippen LogP contribution is 2.37. The summed E-state index contributed by atoms with van der Waals surface area (Å²) in [4.78, 5) is 6.98. The van der Waals surface area contributed by atoms with Gasteiger partial charge in [-0.15, -0.1) is 0 Å². The van der Waals surface area contributed by atoms with Crippen LogP contribution in [0.4, 0.5) is 5.82 Å². The Balaban J connectivity index is 1.79. The van der Waals surface area contributed by atoms with E-state index in [1.165, 1.54) is 0 Å². The molecule has 1 aliphatic heterocycles. The lowest BCUT2D eigenvalue weighted by Gasteiger charge is -2.26. The summed E-state index contributed by atoms with van der Waals surface area (Å²) in [5, 5.41) is 4.67. The molecule has 0 bridgehead atoms. The van der Waals surface area contributed by atoms with E-state index in [0.29, 0.717) is 22.9 Å². The number of rotatable bonds is 7. The van der Waals surface area contributed by atoms with E-state index in [9.17, 15) is 0 Å². The third-order valence-corrected chi connectivity index (χ3v) is 4.64. The van der Waals surface area contributed by atoms with Gasteiger partial charge in [0.25, 0.3) is 0 Å². The third-order valence-electron chi connectivity index (χ3n) is 4.27. The fourth-order valence-corrected chi connectivity index (χ4v) is 3.23. The number of nitrogens with one attached hydrogen (secondary N) is 1. The van der Waals surface area contributed by atoms with E-state index in [-0.39, 0.29) is 6.04 Å². The monoisotopic (exact) mass is 379 g/mol. The zero-order valence-electron chi connectivity index (χ0n) is 15.5. The molecular formula is C19H26ClN3O3. The normalized spacial score (nSPS) is 15.4. The summed E-state index contributed by atoms with van der Waals surface area (Å²) in [7, 11) is 1.65. The third kappa shape index (κ3) is 4.50. The number of fused-ring (bicyclic) bond motifs is 1. The van der Waals surface area contributed by atoms with Crippen molar-refractivity contribution < 1.29 is 14.2 Å². The molecule has 2 aromatic rings. The SMILES string of the molecule is COc1cc(NC(C)C)nc2c(Cl)c(OCCN3CCOCC3)ccc12. The highest BCUT2D eigenvalue weighted by atomic mass is 35.5. The van der Waals surface area contributed by atoms with Crippen LogP contribution in [0.5, 0.6) is 11.5 Å². The molecule has 7 heteroatoms. The van der Waals surface area contributed by atoms with Crippen molar-refractivity contribution in [3.05, 3.63) is 23.2 Å². The zero-order valence-corrected chi connectivity index (χ0v) is 16.3. The first-order valence-electron chi connectivity index (χ1n) is 8.95. The van der Waals surface area contributed by atoms with Gasteiger partial charge in [0, 0.05) is 37.1 Å². The Morgan fingerprint density at radius 1 is 1.27 bits per heavy atom. The molecule has 1 aliphatic rings. The second-order valence-corrected chi connectivity index (χ2v) is 6.96. The van der Waals surface area contributed by atoms with Gasteiger partial charge in [0.15, 0.2) is 0 Å². The molecule has 1 aromatic heterocycles. The summed E-state index contributed by atoms with van der Waals surface area (Å²) in [6.07, 6.45) is 0. The maximum absolute atomic E-state index is 6.60. The van der Waals surface area contributed by atoms with Gasteiger partial charge in [0.2, 0.25) is 0 Å². The summed E-state index contributed by atoms with van der Waals surface area (Å²) in [5.41, 5.74) is 0.679. The van der Waals surface area contributed by atoms with Gasteiger partial charge in [-0.25, -0.2) is 4.98 Å². The molecule has 1 saturated heterocycles. The Morgan fingerprint density at radius 2 is 2.04 bits per heavy atom. The molecule has 3 rings (SSSR count). The average Bonchev–Trinajstić information content (AvgIpc) is 2.64. The number of methoxy groups -OCH3 is 1. The second-order valence-electron chi connectivity index (χ2n) is 6.59. The Labute approximate surface area is 159 Å². The zero-order chi connectivity index (χ0) is 18.5. The van der Waals surface area contributed by atoms with Crippen LogP contribution in [-0.2, 0) is 4.74 Å². The molecule has 0 saturated carbocycles. The van der Waals surface area contributed by atoms with E-state index in [1.54, 1.807) is 7.11 Å². The molecule has 6 nitrogen and oxygen atoms in total. The molecular weight excluding hydrogens is 354 g/mol. The first kappa shape index (κ1) is 19.0. The van der Waals surface area contributed by atoms with Crippen LogP contribution >= 0.6 is 11.6 Å². The number of benzene rings is 1. The molecule has 0 atom stereocenters. The first-order valence-corrected chi connectivity index (χ1v) is 9.33. The highest BCUT2D eigenvalue weighted by Gasteiger charge is 2.15. The highest BCUT2D eigenvalue weighted by molar-refractivity contribution is 6.36. The van der Waals surface area contributed by atoms with Crippen molar-refractivity contribution >= 4 is 28.3 Å². The largest absolute Gasteiger partial charge is 0.496 e. The number of hydrogen-bond donors (Lipinski definition) is 1. The Kier molecular flexibility index (Phi) is 6.40. The van der Waals surface area contributed by atoms with Crippen molar-refractivity contribution in [2.75, 3.05) is 51.9 Å². The van der Waals surface area contributed by atoms with Crippen LogP contribution in [-0.4, -0.2) is 62.5 Å². The number of aromatic nitrogens is 1. The Morgan fingerprint density at radius 3 is 2.73 bits per heavy atom. The second kappa shape index (κ2) is 8.75. The lowest BCUT2D eigenvalue weighted by molar-refractivity contribution is 0.0322. The van der Waals surface area contributed by atoms with E-state index in [2.05, 4.69) is 29.0 Å². The van der Waals surface area contributed by atoms with Gasteiger partial charge in [-0.3, -0.25) is 4.90 Å². The number of morpholine rings is 1. The van der Waals surface area contributed by atoms with Gasteiger partial charge in [-0.2, -0.15) is 0 Å². The lowest BCUT2D eigenvalue weighted by Crippen LogP contribution is -2.38. The van der Waals surface area contributed by atoms with E-state index >= 15 is 0 Å². The van der Waals surface area contributed by atoms with Crippen LogP contribution in [0.25, 0.3) is 10.9 Å². The number of ether oxygens (including phenoxy) is 3. The summed E-state index contributed by atoms with van der Waals surface area (Å²) < 4.78 is 16.8. The Bertz CT molecular complexity index is 748. The van der Waals surface area contributed by atoms with Crippen LogP contribution in [0, 0.1) is 0 Å². The molecule has 0 spiro atoms. The summed E-state index contributed by atoms with van der Waals surface area (Å²) in [5.74, 6) is 2.11. The average molecular weight is 380 g/mol. The molecule has 26 heavy (non-hydrogen) atoms. The quantitative estimate of drug-likeness (QED) is 0.795. The van der Waals surface area contributed by atoms with Gasteiger partial charge in [-0.05, 0) is 26.0 Å². The number of pyridine rings is 1. The van der Waals surface area contributed by atoms with Crippen LogP contribution < -0.4 is 14.8 Å². The minimum absolute atomic E-state index is 0.261. The minimum Gasteiger partial charge on any atom is -0.496 e. The van der Waals surface area contributed by atoms with Crippen LogP contribution in [0.1, 0.15) is 13.8 Å². The number of halogens is 1. The van der Waals surface area contributed by atoms with Crippen LogP contribution in [0.2, 0.25) is 5.02 Å². The van der Waals surface area contributed by atoms with Gasteiger partial charge in [0.05, 0.1) is 25.8 Å². The van der Waals surface area contributed by atoms with Gasteiger partial charge >= 0.3 is 0 Å². The smallest absolute Gasteiger partial charge is 0.140 e. The van der Waals surface area contributed by atoms with E-state index in [4.69, 9.17) is 25.8 Å². The van der Waals surface area contributed by atoms with E-state index < -0.39 is 0 Å². The standard InChI is InChI=1S/C19H26ClN3O3/c1-13(2)21-17-12-16(24-3)14-4-5-15(18(20)19(14)22-17)26-11-8-23-6-9-25-10-7-23/h4-5,12-13H,6-11H2,1-3H3,(H,21,22). The van der Waals surface area contributed by atoms with Crippen molar-refractivity contribution in [2.24, 2.45) is 0 Å². The lowest BCUT2D eigenvalue weighted by atomic mass is 10.2. The fourth-order valence-electron chi connectivity index (χ4n) is 2.97. The predicted octanol–water partition coefficient (Wildman–Crippen LogP) is 3.43. The number of anilines is 1. The fraction of sp³-hybridized carbons (Fsp3) is 0.526. The van der Waals surface area contributed by atoms with Gasteiger partial charge in [-0.1, -0.05) is 11.6 Å². The molecule has 0 radical (unpaired) electrons. The molecule has 1 aromatic carbocycles. The van der Waals surface area contributed by atoms with Crippen molar-refractivity contribution in [3.63, 3.8) is 0 Å². The van der Waals surface area contributed by atoms with Crippen molar-refractivity contribution in [1.29, 1.82) is 0 Å². The molecule has 0 unspecified atom stereocenters. The summed E-state index contributed by atoms with van der Waals surface area (Å²) >= 11 is 6.60. The predicted molar refractivity (Wildman–Crippen MR) is 105 cm³/mol. The molecule has 0 amide bonds. The maximum atomic E-state index is 6.60. The van der Waals surface area contributed by atoms with Crippen LogP contribution in [0.3, 0.4) is 0 Å². The van der Waals surface area contributed by atoms with E-state index in [0.717, 1.165) is 49.8 Å². The van der Waals surface area contributed by atoms with E-state index in [1.807, 2.05) is 18.2 Å². The van der Waals surface area contributed by atoms with Gasteiger partial charge < -0.3 is 19.5 Å². The number of nitrogens with zero attached hydrogens (tertiary/aromatic N) is 2. The summed E-state index contributed by atoms with van der Waals surface area (Å²) in [6.45, 7) is 9.00. The molecule has 2 heterocycles. The van der Waals surface area contributed by atoms with Gasteiger partial charge in [0.1, 0.15) is 28.9 Å². The molecule has 142 valence electrons. The van der Waals surface area contributed by atoms with Crippen molar-refractivity contribution in [2.45, 2.75) is 19.9 Å². The molecule has 1 N–H and O–H groups in total. The van der Waals surface area contributed by atoms with Crippen molar-refractivity contribution in [1.82, 2.24) is 9.88 Å². The topological polar surface area (TPSA) is 55.8 Å². The number of hydrogen-bond acceptors (Lipinski definition) is 6. The summed E-state index contributed by atoms with van der Waals surface area (Å²) in [6, 6.07) is 5.97. The maximum Gasteiger partial charge on any atom is 0.140 e. The molecule has 0 aliphatic carbocycles. The first-order chi connectivity index (χ1) is 12.6. The minimum atomic E-state index is 0.261.